The molecule has 1 aliphatic heterocycles. The van der Waals surface area contributed by atoms with E-state index in [4.69, 9.17) is 5.73 Å². The Morgan fingerprint density at radius 1 is 1.57 bits per heavy atom. The minimum Gasteiger partial charge on any atom is -0.396 e. The summed E-state index contributed by atoms with van der Waals surface area (Å²) in [6.07, 6.45) is 3.45. The van der Waals surface area contributed by atoms with Gasteiger partial charge in [-0.15, -0.1) is 0 Å². The predicted octanol–water partition coefficient (Wildman–Crippen LogP) is 0.674. The molecule has 1 aliphatic rings. The lowest BCUT2D eigenvalue weighted by Crippen LogP contribution is -2.46. The largest absolute Gasteiger partial charge is 0.396 e. The minimum atomic E-state index is 0.174. The summed E-state index contributed by atoms with van der Waals surface area (Å²) in [4.78, 5) is 2.35. The van der Waals surface area contributed by atoms with Crippen molar-refractivity contribution in [1.29, 1.82) is 0 Å². The van der Waals surface area contributed by atoms with Gasteiger partial charge in [0, 0.05) is 19.2 Å². The Morgan fingerprint density at radius 3 is 2.79 bits per heavy atom. The van der Waals surface area contributed by atoms with Crippen molar-refractivity contribution in [2.45, 2.75) is 32.2 Å². The van der Waals surface area contributed by atoms with Crippen LogP contribution in [0.4, 0.5) is 0 Å². The highest BCUT2D eigenvalue weighted by molar-refractivity contribution is 4.83. The Bertz CT molecular complexity index is 159. The molecule has 0 bridgehead atoms. The first-order valence-electron chi connectivity index (χ1n) is 5.74. The molecule has 1 fully saturated rings. The van der Waals surface area contributed by atoms with E-state index in [0.717, 1.165) is 13.0 Å². The lowest BCUT2D eigenvalue weighted by atomic mass is 9.83. The van der Waals surface area contributed by atoms with Gasteiger partial charge in [0.15, 0.2) is 0 Å². The average molecular weight is 200 g/mol. The van der Waals surface area contributed by atoms with Crippen LogP contribution in [0.5, 0.6) is 0 Å². The Balaban J connectivity index is 2.45. The van der Waals surface area contributed by atoms with Gasteiger partial charge in [-0.2, -0.15) is 0 Å². The number of nitrogens with zero attached hydrogens (tertiary/aromatic N) is 1. The average Bonchev–Trinajstić information content (AvgIpc) is 2.19. The van der Waals surface area contributed by atoms with Crippen molar-refractivity contribution in [3.05, 3.63) is 0 Å². The molecule has 3 atom stereocenters. The van der Waals surface area contributed by atoms with Gasteiger partial charge in [-0.1, -0.05) is 6.92 Å². The number of likely N-dealkylation sites (tertiary alicyclic amines) is 1. The molecule has 14 heavy (non-hydrogen) atoms. The van der Waals surface area contributed by atoms with Crippen LogP contribution in [0.1, 0.15) is 26.2 Å². The molecule has 84 valence electrons. The molecular formula is C11H24N2O. The number of hydrogen-bond donors (Lipinski definition) is 2. The maximum absolute atomic E-state index is 9.20. The monoisotopic (exact) mass is 200 g/mol. The standard InChI is InChI=1S/C11H24N2O/c1-3-9(8-14)11(12)10-5-4-6-13(2)7-10/h9-11,14H,3-8,12H2,1-2H3. The second-order valence-electron chi connectivity index (χ2n) is 4.59. The highest BCUT2D eigenvalue weighted by Crippen LogP contribution is 2.23. The molecule has 0 radical (unpaired) electrons. The molecule has 1 saturated heterocycles. The number of hydrogen-bond acceptors (Lipinski definition) is 3. The SMILES string of the molecule is CCC(CO)C(N)C1CCCN(C)C1. The molecule has 0 amide bonds. The summed E-state index contributed by atoms with van der Waals surface area (Å²) in [7, 11) is 2.15. The molecule has 3 unspecified atom stereocenters. The summed E-state index contributed by atoms with van der Waals surface area (Å²) < 4.78 is 0. The van der Waals surface area contributed by atoms with E-state index in [1.807, 2.05) is 0 Å². The molecule has 0 aromatic rings. The third-order valence-electron chi connectivity index (χ3n) is 3.51. The Labute approximate surface area is 87.3 Å². The van der Waals surface area contributed by atoms with Gasteiger partial charge in [0.2, 0.25) is 0 Å². The van der Waals surface area contributed by atoms with E-state index in [-0.39, 0.29) is 18.6 Å². The predicted molar refractivity (Wildman–Crippen MR) is 59.1 cm³/mol. The molecule has 0 saturated carbocycles. The second kappa shape index (κ2) is 5.69. The van der Waals surface area contributed by atoms with Gasteiger partial charge in [-0.3, -0.25) is 0 Å². The number of rotatable bonds is 4. The summed E-state index contributed by atoms with van der Waals surface area (Å²) in [6.45, 7) is 4.63. The molecule has 0 aromatic carbocycles. The molecule has 1 heterocycles. The maximum atomic E-state index is 9.20. The summed E-state index contributed by atoms with van der Waals surface area (Å²) in [5.74, 6) is 0.859. The molecule has 3 N–H and O–H groups in total. The van der Waals surface area contributed by atoms with Crippen LogP contribution < -0.4 is 5.73 Å². The van der Waals surface area contributed by atoms with Gasteiger partial charge in [0.1, 0.15) is 0 Å². The van der Waals surface area contributed by atoms with Crippen LogP contribution in [0.15, 0.2) is 0 Å². The van der Waals surface area contributed by atoms with Crippen LogP contribution in [0.2, 0.25) is 0 Å². The van der Waals surface area contributed by atoms with E-state index in [2.05, 4.69) is 18.9 Å². The zero-order valence-electron chi connectivity index (χ0n) is 9.45. The lowest BCUT2D eigenvalue weighted by molar-refractivity contribution is 0.126. The van der Waals surface area contributed by atoms with Crippen molar-refractivity contribution >= 4 is 0 Å². The molecule has 3 nitrogen and oxygen atoms in total. The van der Waals surface area contributed by atoms with E-state index in [0.29, 0.717) is 5.92 Å². The number of nitrogens with two attached hydrogens (primary N) is 1. The Morgan fingerprint density at radius 2 is 2.29 bits per heavy atom. The zero-order chi connectivity index (χ0) is 10.6. The topological polar surface area (TPSA) is 49.5 Å². The van der Waals surface area contributed by atoms with Gasteiger partial charge in [-0.05, 0) is 44.7 Å². The molecule has 0 aromatic heterocycles. The summed E-state index contributed by atoms with van der Waals surface area (Å²) >= 11 is 0. The van der Waals surface area contributed by atoms with E-state index in [9.17, 15) is 5.11 Å². The van der Waals surface area contributed by atoms with E-state index in [1.54, 1.807) is 0 Å². The number of piperidine rings is 1. The Kier molecular flexibility index (Phi) is 4.85. The van der Waals surface area contributed by atoms with Gasteiger partial charge in [0.25, 0.3) is 0 Å². The first-order valence-corrected chi connectivity index (χ1v) is 5.74. The fourth-order valence-electron chi connectivity index (χ4n) is 2.43. The van der Waals surface area contributed by atoms with E-state index < -0.39 is 0 Å². The number of aliphatic hydroxyl groups is 1. The van der Waals surface area contributed by atoms with Crippen LogP contribution in [0.3, 0.4) is 0 Å². The maximum Gasteiger partial charge on any atom is 0.0474 e. The molecule has 0 aliphatic carbocycles. The van der Waals surface area contributed by atoms with Crippen molar-refractivity contribution in [2.24, 2.45) is 17.6 Å². The fourth-order valence-corrected chi connectivity index (χ4v) is 2.43. The first kappa shape index (κ1) is 12.0. The van der Waals surface area contributed by atoms with Crippen molar-refractivity contribution in [1.82, 2.24) is 4.90 Å². The van der Waals surface area contributed by atoms with Gasteiger partial charge >= 0.3 is 0 Å². The normalized spacial score (nSPS) is 28.7. The van der Waals surface area contributed by atoms with Crippen LogP contribution in [0, 0.1) is 11.8 Å². The molecule has 0 spiro atoms. The van der Waals surface area contributed by atoms with Crippen LogP contribution in [-0.2, 0) is 0 Å². The quantitative estimate of drug-likeness (QED) is 0.701. The lowest BCUT2D eigenvalue weighted by Gasteiger charge is -2.36. The smallest absolute Gasteiger partial charge is 0.0474 e. The van der Waals surface area contributed by atoms with Gasteiger partial charge in [-0.25, -0.2) is 0 Å². The molecule has 3 heteroatoms. The van der Waals surface area contributed by atoms with Crippen molar-refractivity contribution in [2.75, 3.05) is 26.7 Å². The molecular weight excluding hydrogens is 176 g/mol. The van der Waals surface area contributed by atoms with Crippen LogP contribution in [0.25, 0.3) is 0 Å². The number of aliphatic hydroxyl groups excluding tert-OH is 1. The van der Waals surface area contributed by atoms with Gasteiger partial charge < -0.3 is 15.7 Å². The zero-order valence-corrected chi connectivity index (χ0v) is 9.45. The van der Waals surface area contributed by atoms with Crippen LogP contribution in [-0.4, -0.2) is 42.8 Å². The summed E-state index contributed by atoms with van der Waals surface area (Å²) in [5.41, 5.74) is 6.19. The summed E-state index contributed by atoms with van der Waals surface area (Å²) in [5, 5.41) is 9.20. The Hall–Kier alpha value is -0.120. The molecule has 1 rings (SSSR count). The first-order chi connectivity index (χ1) is 6.69. The summed E-state index contributed by atoms with van der Waals surface area (Å²) in [6, 6.07) is 0.174. The minimum absolute atomic E-state index is 0.174. The van der Waals surface area contributed by atoms with Crippen LogP contribution >= 0.6 is 0 Å². The van der Waals surface area contributed by atoms with Crippen molar-refractivity contribution < 1.29 is 5.11 Å². The highest BCUT2D eigenvalue weighted by atomic mass is 16.3. The third kappa shape index (κ3) is 2.94. The van der Waals surface area contributed by atoms with Gasteiger partial charge in [0.05, 0.1) is 0 Å². The fraction of sp³-hybridized carbons (Fsp3) is 1.00. The van der Waals surface area contributed by atoms with Crippen molar-refractivity contribution in [3.8, 4) is 0 Å². The second-order valence-corrected chi connectivity index (χ2v) is 4.59. The van der Waals surface area contributed by atoms with Crippen molar-refractivity contribution in [3.63, 3.8) is 0 Å². The van der Waals surface area contributed by atoms with E-state index in [1.165, 1.54) is 19.4 Å². The highest BCUT2D eigenvalue weighted by Gasteiger charge is 2.27. The van der Waals surface area contributed by atoms with E-state index >= 15 is 0 Å². The third-order valence-corrected chi connectivity index (χ3v) is 3.51.